The van der Waals surface area contributed by atoms with Gasteiger partial charge in [0.05, 0.1) is 11.6 Å². The maximum Gasteiger partial charge on any atom is 0.311 e. The predicted octanol–water partition coefficient (Wildman–Crippen LogP) is 3.02. The molecule has 17 heavy (non-hydrogen) atoms. The Morgan fingerprint density at radius 3 is 2.94 bits per heavy atom. The molecule has 0 spiro atoms. The van der Waals surface area contributed by atoms with Crippen molar-refractivity contribution in [3.05, 3.63) is 29.0 Å². The number of carbonyl (C=O) groups is 1. The molecule has 2 aromatic heterocycles. The van der Waals surface area contributed by atoms with Crippen molar-refractivity contribution in [2.45, 2.75) is 26.2 Å². The fourth-order valence-corrected chi connectivity index (χ4v) is 3.02. The van der Waals surface area contributed by atoms with E-state index in [1.807, 2.05) is 32.3 Å². The molecule has 0 aliphatic carbocycles. The predicted molar refractivity (Wildman–Crippen MR) is 67.3 cm³/mol. The highest BCUT2D eigenvalue weighted by Crippen LogP contribution is 2.34. The van der Waals surface area contributed by atoms with Crippen molar-refractivity contribution in [2.24, 2.45) is 0 Å². The van der Waals surface area contributed by atoms with Crippen LogP contribution in [-0.4, -0.2) is 21.0 Å². The maximum atomic E-state index is 11.2. The minimum absolute atomic E-state index is 0.444. The molecule has 0 radical (unpaired) electrons. The summed E-state index contributed by atoms with van der Waals surface area (Å²) < 4.78 is 0. The summed E-state index contributed by atoms with van der Waals surface area (Å²) in [5.41, 5.74) is 1.82. The average Bonchev–Trinajstić information content (AvgIpc) is 2.89. The summed E-state index contributed by atoms with van der Waals surface area (Å²) in [6, 6.07) is 1.93. The van der Waals surface area contributed by atoms with Crippen molar-refractivity contribution in [1.29, 1.82) is 0 Å². The van der Waals surface area contributed by atoms with Crippen molar-refractivity contribution in [1.82, 2.24) is 9.97 Å². The van der Waals surface area contributed by atoms with Crippen LogP contribution in [0, 0.1) is 6.92 Å². The molecule has 2 N–H and O–H groups in total. The highest BCUT2D eigenvalue weighted by atomic mass is 32.1. The van der Waals surface area contributed by atoms with E-state index in [2.05, 4.69) is 9.97 Å². The number of hydrogen-bond donors (Lipinski definition) is 2. The number of rotatable bonds is 4. The molecule has 0 bridgehead atoms. The van der Waals surface area contributed by atoms with Crippen LogP contribution in [0.3, 0.4) is 0 Å². The summed E-state index contributed by atoms with van der Waals surface area (Å²) >= 11 is 1.47. The average molecular weight is 250 g/mol. The van der Waals surface area contributed by atoms with E-state index in [1.165, 1.54) is 11.3 Å². The van der Waals surface area contributed by atoms with Gasteiger partial charge in [-0.05, 0) is 19.4 Å². The maximum absolute atomic E-state index is 11.2. The minimum Gasteiger partial charge on any atom is -0.481 e. The van der Waals surface area contributed by atoms with Gasteiger partial charge in [-0.1, -0.05) is 6.92 Å². The number of nitrogens with one attached hydrogen (secondary N) is 1. The number of aromatic amines is 1. The molecule has 0 amide bonds. The molecule has 1 unspecified atom stereocenters. The fourth-order valence-electron chi connectivity index (χ4n) is 1.78. The van der Waals surface area contributed by atoms with E-state index in [4.69, 9.17) is 5.11 Å². The number of carboxylic acid groups (broad SMARTS) is 1. The number of nitrogens with zero attached hydrogens (tertiary/aromatic N) is 1. The van der Waals surface area contributed by atoms with Gasteiger partial charge in [0.2, 0.25) is 0 Å². The molecule has 2 heterocycles. The summed E-state index contributed by atoms with van der Waals surface area (Å²) in [5, 5.41) is 10.0. The van der Waals surface area contributed by atoms with Crippen molar-refractivity contribution in [3.8, 4) is 10.6 Å². The van der Waals surface area contributed by atoms with Crippen LogP contribution in [-0.2, 0) is 4.79 Å². The van der Waals surface area contributed by atoms with E-state index in [0.29, 0.717) is 6.42 Å². The van der Waals surface area contributed by atoms with E-state index in [9.17, 15) is 4.79 Å². The number of thiazole rings is 1. The molecule has 4 nitrogen and oxygen atoms in total. The SMILES string of the molecule is CCC(C(=O)O)c1sc(-c2cc[nH]c2)nc1C. The van der Waals surface area contributed by atoms with Gasteiger partial charge >= 0.3 is 5.97 Å². The third-order valence-electron chi connectivity index (χ3n) is 2.70. The molecule has 0 saturated carbocycles. The first-order valence-corrected chi connectivity index (χ1v) is 6.28. The molecule has 0 aliphatic rings. The van der Waals surface area contributed by atoms with E-state index in [0.717, 1.165) is 21.1 Å². The van der Waals surface area contributed by atoms with Crippen LogP contribution in [0.1, 0.15) is 29.8 Å². The van der Waals surface area contributed by atoms with Crippen molar-refractivity contribution in [2.75, 3.05) is 0 Å². The largest absolute Gasteiger partial charge is 0.481 e. The number of aromatic nitrogens is 2. The Hall–Kier alpha value is -1.62. The van der Waals surface area contributed by atoms with Crippen LogP contribution in [0.2, 0.25) is 0 Å². The number of hydrogen-bond acceptors (Lipinski definition) is 3. The number of aryl methyl sites for hydroxylation is 1. The Labute approximate surface area is 103 Å². The Kier molecular flexibility index (Phi) is 3.28. The van der Waals surface area contributed by atoms with Crippen molar-refractivity contribution >= 4 is 17.3 Å². The number of carboxylic acids is 1. The number of H-pyrrole nitrogens is 1. The van der Waals surface area contributed by atoms with Crippen molar-refractivity contribution < 1.29 is 9.90 Å². The van der Waals surface area contributed by atoms with Crippen LogP contribution in [0.5, 0.6) is 0 Å². The summed E-state index contributed by atoms with van der Waals surface area (Å²) in [6.07, 6.45) is 4.29. The molecule has 0 saturated heterocycles. The second kappa shape index (κ2) is 4.71. The molecular weight excluding hydrogens is 236 g/mol. The zero-order chi connectivity index (χ0) is 12.4. The highest BCUT2D eigenvalue weighted by molar-refractivity contribution is 7.15. The van der Waals surface area contributed by atoms with Crippen LogP contribution in [0.25, 0.3) is 10.6 Å². The Balaban J connectivity index is 2.40. The zero-order valence-electron chi connectivity index (χ0n) is 9.73. The third-order valence-corrected chi connectivity index (χ3v) is 4.02. The molecule has 5 heteroatoms. The van der Waals surface area contributed by atoms with Gasteiger partial charge in [0.15, 0.2) is 0 Å². The van der Waals surface area contributed by atoms with E-state index in [1.54, 1.807) is 0 Å². The van der Waals surface area contributed by atoms with Crippen LogP contribution < -0.4 is 0 Å². The van der Waals surface area contributed by atoms with E-state index in [-0.39, 0.29) is 0 Å². The zero-order valence-corrected chi connectivity index (χ0v) is 10.5. The highest BCUT2D eigenvalue weighted by Gasteiger charge is 2.23. The van der Waals surface area contributed by atoms with Gasteiger partial charge in [-0.25, -0.2) is 4.98 Å². The quantitative estimate of drug-likeness (QED) is 0.876. The third kappa shape index (κ3) is 2.24. The lowest BCUT2D eigenvalue weighted by Gasteiger charge is -2.06. The van der Waals surface area contributed by atoms with Crippen molar-refractivity contribution in [3.63, 3.8) is 0 Å². The second-order valence-electron chi connectivity index (χ2n) is 3.87. The topological polar surface area (TPSA) is 66.0 Å². The van der Waals surface area contributed by atoms with Gasteiger partial charge in [0.25, 0.3) is 0 Å². The molecule has 0 aromatic carbocycles. The summed E-state index contributed by atoms with van der Waals surface area (Å²) in [7, 11) is 0. The summed E-state index contributed by atoms with van der Waals surface area (Å²) in [4.78, 5) is 19.4. The first-order chi connectivity index (χ1) is 8.13. The van der Waals surface area contributed by atoms with E-state index >= 15 is 0 Å². The lowest BCUT2D eigenvalue weighted by molar-refractivity contribution is -0.138. The van der Waals surface area contributed by atoms with E-state index < -0.39 is 11.9 Å². The number of aliphatic carboxylic acids is 1. The Morgan fingerprint density at radius 1 is 1.65 bits per heavy atom. The lowest BCUT2D eigenvalue weighted by Crippen LogP contribution is -2.09. The van der Waals surface area contributed by atoms with Crippen LogP contribution in [0.15, 0.2) is 18.5 Å². The molecule has 2 rings (SSSR count). The normalized spacial score (nSPS) is 12.6. The van der Waals surface area contributed by atoms with Gasteiger partial charge in [-0.15, -0.1) is 11.3 Å². The monoisotopic (exact) mass is 250 g/mol. The van der Waals surface area contributed by atoms with Gasteiger partial charge in [0.1, 0.15) is 5.01 Å². The first-order valence-electron chi connectivity index (χ1n) is 5.46. The van der Waals surface area contributed by atoms with Gasteiger partial charge in [0, 0.05) is 22.8 Å². The second-order valence-corrected chi connectivity index (χ2v) is 4.90. The minimum atomic E-state index is -0.778. The Bertz CT molecular complexity index is 517. The molecule has 2 aromatic rings. The van der Waals surface area contributed by atoms with Gasteiger partial charge in [-0.2, -0.15) is 0 Å². The lowest BCUT2D eigenvalue weighted by atomic mass is 10.0. The van der Waals surface area contributed by atoms with Crippen LogP contribution in [0.4, 0.5) is 0 Å². The summed E-state index contributed by atoms with van der Waals surface area (Å²) in [5.74, 6) is -1.22. The molecule has 90 valence electrons. The molecule has 1 atom stereocenters. The standard InChI is InChI=1S/C12H14N2O2S/c1-3-9(12(15)16)10-7(2)14-11(17-10)8-4-5-13-6-8/h4-6,9,13H,3H2,1-2H3,(H,15,16). The molecule has 0 aliphatic heterocycles. The van der Waals surface area contributed by atoms with Gasteiger partial charge < -0.3 is 10.1 Å². The van der Waals surface area contributed by atoms with Gasteiger partial charge in [-0.3, -0.25) is 4.79 Å². The first kappa shape index (κ1) is 11.9. The smallest absolute Gasteiger partial charge is 0.311 e. The Morgan fingerprint density at radius 2 is 2.41 bits per heavy atom. The summed E-state index contributed by atoms with van der Waals surface area (Å²) in [6.45, 7) is 3.75. The van der Waals surface area contributed by atoms with Crippen LogP contribution >= 0.6 is 11.3 Å². The fraction of sp³-hybridized carbons (Fsp3) is 0.333. The molecular formula is C12H14N2O2S. The molecule has 0 fully saturated rings.